The Morgan fingerprint density at radius 2 is 0.660 bits per heavy atom. The van der Waals surface area contributed by atoms with Crippen LogP contribution < -0.4 is 0 Å². The standard InChI is InChI=1S/C46H28N4/c1-3-15-33-27-35(25-23-29(33)11-1)45-47-41(39-21-9-17-31-13-5-7-19-37(31)39)44-43(49-45)42(40-22-10-18-32-14-6-8-20-38(32)40)48-46(50-44)36-26-24-30-12-2-4-16-34(30)28-36/h1-28H. The summed E-state index contributed by atoms with van der Waals surface area (Å²) < 4.78 is 0. The minimum absolute atomic E-state index is 0.634. The van der Waals surface area contributed by atoms with Crippen molar-refractivity contribution in [1.82, 2.24) is 19.9 Å². The maximum atomic E-state index is 5.38. The van der Waals surface area contributed by atoms with Gasteiger partial charge in [0.2, 0.25) is 0 Å². The summed E-state index contributed by atoms with van der Waals surface area (Å²) in [5.74, 6) is 1.27. The predicted octanol–water partition coefficient (Wildman–Crippen LogP) is 11.7. The van der Waals surface area contributed by atoms with Gasteiger partial charge in [0.1, 0.15) is 22.4 Å². The lowest BCUT2D eigenvalue weighted by atomic mass is 9.98. The molecule has 0 unspecified atom stereocenters. The Kier molecular flexibility index (Phi) is 6.46. The van der Waals surface area contributed by atoms with E-state index in [-0.39, 0.29) is 0 Å². The number of rotatable bonds is 4. The molecule has 0 amide bonds. The van der Waals surface area contributed by atoms with E-state index in [4.69, 9.17) is 19.9 Å². The van der Waals surface area contributed by atoms with Crippen molar-refractivity contribution >= 4 is 54.1 Å². The molecule has 0 aliphatic rings. The van der Waals surface area contributed by atoms with Gasteiger partial charge in [-0.1, -0.05) is 158 Å². The summed E-state index contributed by atoms with van der Waals surface area (Å²) in [4.78, 5) is 21.5. The number of aromatic nitrogens is 4. The minimum Gasteiger partial charge on any atom is -0.226 e. The Hall–Kier alpha value is -6.78. The van der Waals surface area contributed by atoms with Gasteiger partial charge in [-0.15, -0.1) is 0 Å². The van der Waals surface area contributed by atoms with Crippen LogP contribution in [-0.4, -0.2) is 19.9 Å². The summed E-state index contributed by atoms with van der Waals surface area (Å²) in [5.41, 5.74) is 6.87. The second-order valence-corrected chi connectivity index (χ2v) is 12.7. The molecule has 50 heavy (non-hydrogen) atoms. The zero-order valence-electron chi connectivity index (χ0n) is 27.0. The number of hydrogen-bond acceptors (Lipinski definition) is 4. The molecule has 0 aliphatic heterocycles. The van der Waals surface area contributed by atoms with Crippen LogP contribution in [-0.2, 0) is 0 Å². The van der Waals surface area contributed by atoms with Crippen molar-refractivity contribution < 1.29 is 0 Å². The molecule has 2 aromatic heterocycles. The smallest absolute Gasteiger partial charge is 0.160 e. The highest BCUT2D eigenvalue weighted by atomic mass is 15.0. The van der Waals surface area contributed by atoms with Crippen LogP contribution in [0.15, 0.2) is 170 Å². The summed E-state index contributed by atoms with van der Waals surface area (Å²) in [6.07, 6.45) is 0. The van der Waals surface area contributed by atoms with E-state index in [9.17, 15) is 0 Å². The molecular weight excluding hydrogens is 609 g/mol. The largest absolute Gasteiger partial charge is 0.226 e. The summed E-state index contributed by atoms with van der Waals surface area (Å²) in [6.45, 7) is 0. The predicted molar refractivity (Wildman–Crippen MR) is 207 cm³/mol. The van der Waals surface area contributed by atoms with E-state index in [1.165, 1.54) is 10.8 Å². The molecule has 0 saturated heterocycles. The molecule has 232 valence electrons. The summed E-state index contributed by atoms with van der Waals surface area (Å²) in [6, 6.07) is 59.3. The Morgan fingerprint density at radius 1 is 0.280 bits per heavy atom. The van der Waals surface area contributed by atoms with E-state index in [0.29, 0.717) is 22.7 Å². The second-order valence-electron chi connectivity index (χ2n) is 12.7. The fourth-order valence-corrected chi connectivity index (χ4v) is 7.17. The normalized spacial score (nSPS) is 11.6. The van der Waals surface area contributed by atoms with Crippen LogP contribution in [0.2, 0.25) is 0 Å². The maximum absolute atomic E-state index is 5.38. The quantitative estimate of drug-likeness (QED) is 0.193. The molecule has 10 rings (SSSR count). The minimum atomic E-state index is 0.634. The zero-order chi connectivity index (χ0) is 33.0. The van der Waals surface area contributed by atoms with Gasteiger partial charge in [0.15, 0.2) is 11.6 Å². The van der Waals surface area contributed by atoms with Gasteiger partial charge in [0.25, 0.3) is 0 Å². The maximum Gasteiger partial charge on any atom is 0.160 e. The number of benzene rings is 8. The van der Waals surface area contributed by atoms with Crippen molar-refractivity contribution in [3.8, 4) is 45.3 Å². The van der Waals surface area contributed by atoms with Crippen LogP contribution in [0.4, 0.5) is 0 Å². The molecule has 0 aliphatic carbocycles. The van der Waals surface area contributed by atoms with Crippen LogP contribution in [0.25, 0.3) is 99.4 Å². The first-order valence-corrected chi connectivity index (χ1v) is 16.8. The Morgan fingerprint density at radius 3 is 1.12 bits per heavy atom. The summed E-state index contributed by atoms with van der Waals surface area (Å²) >= 11 is 0. The Balaban J connectivity index is 1.35. The molecular formula is C46H28N4. The van der Waals surface area contributed by atoms with Crippen molar-refractivity contribution in [2.75, 3.05) is 0 Å². The molecule has 0 atom stereocenters. The van der Waals surface area contributed by atoms with Crippen LogP contribution in [0.5, 0.6) is 0 Å². The molecule has 4 nitrogen and oxygen atoms in total. The fourth-order valence-electron chi connectivity index (χ4n) is 7.17. The van der Waals surface area contributed by atoms with Gasteiger partial charge in [0.05, 0.1) is 0 Å². The molecule has 0 N–H and O–H groups in total. The molecule has 4 heteroatoms. The Labute approximate surface area is 288 Å². The highest BCUT2D eigenvalue weighted by molar-refractivity contribution is 6.08. The molecule has 0 bridgehead atoms. The first kappa shape index (κ1) is 28.3. The average molecular weight is 637 g/mol. The van der Waals surface area contributed by atoms with Gasteiger partial charge >= 0.3 is 0 Å². The van der Waals surface area contributed by atoms with Crippen molar-refractivity contribution in [3.63, 3.8) is 0 Å². The number of nitrogens with zero attached hydrogens (tertiary/aromatic N) is 4. The van der Waals surface area contributed by atoms with Crippen molar-refractivity contribution in [2.45, 2.75) is 0 Å². The van der Waals surface area contributed by atoms with Crippen LogP contribution in [0, 0.1) is 0 Å². The van der Waals surface area contributed by atoms with E-state index in [1.807, 2.05) is 0 Å². The lowest BCUT2D eigenvalue weighted by molar-refractivity contribution is 1.16. The molecule has 10 aromatic rings. The second kappa shape index (κ2) is 11.4. The molecule has 8 aromatic carbocycles. The van der Waals surface area contributed by atoms with E-state index in [2.05, 4.69) is 170 Å². The monoisotopic (exact) mass is 636 g/mol. The highest BCUT2D eigenvalue weighted by Gasteiger charge is 2.22. The lowest BCUT2D eigenvalue weighted by Gasteiger charge is -2.16. The fraction of sp³-hybridized carbons (Fsp3) is 0. The first-order valence-electron chi connectivity index (χ1n) is 16.8. The SMILES string of the molecule is c1ccc2cc(-c3nc(-c4cccc5ccccc45)c4nc(-c5ccc6ccccc6c5)nc(-c5cccc6ccccc56)c4n3)ccc2c1. The van der Waals surface area contributed by atoms with Crippen LogP contribution in [0.3, 0.4) is 0 Å². The third-order valence-electron chi connectivity index (χ3n) is 9.65. The molecule has 0 radical (unpaired) electrons. The average Bonchev–Trinajstić information content (AvgIpc) is 3.19. The van der Waals surface area contributed by atoms with Crippen molar-refractivity contribution in [3.05, 3.63) is 170 Å². The lowest BCUT2D eigenvalue weighted by Crippen LogP contribution is -2.03. The van der Waals surface area contributed by atoms with E-state index >= 15 is 0 Å². The van der Waals surface area contributed by atoms with Gasteiger partial charge in [-0.3, -0.25) is 0 Å². The van der Waals surface area contributed by atoms with Crippen LogP contribution >= 0.6 is 0 Å². The van der Waals surface area contributed by atoms with E-state index in [0.717, 1.165) is 66.0 Å². The van der Waals surface area contributed by atoms with Gasteiger partial charge in [-0.2, -0.15) is 0 Å². The van der Waals surface area contributed by atoms with E-state index in [1.54, 1.807) is 0 Å². The van der Waals surface area contributed by atoms with Gasteiger partial charge in [-0.05, 0) is 55.2 Å². The molecule has 0 spiro atoms. The summed E-state index contributed by atoms with van der Waals surface area (Å²) in [7, 11) is 0. The molecule has 0 saturated carbocycles. The zero-order valence-corrected chi connectivity index (χ0v) is 27.0. The van der Waals surface area contributed by atoms with Gasteiger partial charge in [-0.25, -0.2) is 19.9 Å². The first-order chi connectivity index (χ1) is 24.8. The molecule has 0 fully saturated rings. The third kappa shape index (κ3) is 4.69. The Bertz CT molecular complexity index is 2730. The molecule has 2 heterocycles. The van der Waals surface area contributed by atoms with E-state index < -0.39 is 0 Å². The highest BCUT2D eigenvalue weighted by Crippen LogP contribution is 2.39. The van der Waals surface area contributed by atoms with Gasteiger partial charge in [0, 0.05) is 22.3 Å². The van der Waals surface area contributed by atoms with Gasteiger partial charge < -0.3 is 0 Å². The topological polar surface area (TPSA) is 51.6 Å². The number of hydrogen-bond donors (Lipinski definition) is 0. The van der Waals surface area contributed by atoms with Crippen LogP contribution in [0.1, 0.15) is 0 Å². The van der Waals surface area contributed by atoms with Crippen molar-refractivity contribution in [2.24, 2.45) is 0 Å². The third-order valence-corrected chi connectivity index (χ3v) is 9.65. The summed E-state index contributed by atoms with van der Waals surface area (Å²) in [5, 5.41) is 9.12. The van der Waals surface area contributed by atoms with Crippen molar-refractivity contribution in [1.29, 1.82) is 0 Å². The number of fused-ring (bicyclic) bond motifs is 5.